The van der Waals surface area contributed by atoms with Crippen LogP contribution in [0.15, 0.2) is 24.3 Å². The summed E-state index contributed by atoms with van der Waals surface area (Å²) >= 11 is 0. The maximum Gasteiger partial charge on any atom is 0.254 e. The van der Waals surface area contributed by atoms with Gasteiger partial charge >= 0.3 is 0 Å². The van der Waals surface area contributed by atoms with Gasteiger partial charge in [-0.3, -0.25) is 9.52 Å². The normalized spacial score (nSPS) is 19.0. The minimum Gasteiger partial charge on any atom is -0.333 e. The molecule has 1 atom stereocenters. The Morgan fingerprint density at radius 3 is 2.91 bits per heavy atom. The summed E-state index contributed by atoms with van der Waals surface area (Å²) in [6.07, 6.45) is 0.548. The number of amides is 1. The van der Waals surface area contributed by atoms with Gasteiger partial charge in [-0.1, -0.05) is 13.0 Å². The first kappa shape index (κ1) is 16.8. The van der Waals surface area contributed by atoms with E-state index in [-0.39, 0.29) is 17.7 Å². The summed E-state index contributed by atoms with van der Waals surface area (Å²) in [5.74, 6) is 0.00513. The van der Waals surface area contributed by atoms with Gasteiger partial charge in [0.2, 0.25) is 10.0 Å². The zero-order chi connectivity index (χ0) is 16.2. The number of nitrogens with one attached hydrogen (secondary N) is 2. The molecule has 2 rings (SSSR count). The fraction of sp³-hybridized carbons (Fsp3) is 0.533. The maximum absolute atomic E-state index is 12.6. The Bertz CT molecular complexity index is 631. The summed E-state index contributed by atoms with van der Waals surface area (Å²) in [4.78, 5) is 14.4. The Balaban J connectivity index is 2.15. The standard InChI is InChI=1S/C15H23N3O3S/c1-3-9-22(20,21)17-14-6-4-5-13(10-14)15(19)18-8-7-16-11-12(18)2/h4-6,10,12,16-17H,3,7-9,11H2,1-2H3/t12-/m0/s1. The number of carbonyl (C=O) groups excluding carboxylic acids is 1. The molecule has 0 radical (unpaired) electrons. The van der Waals surface area contributed by atoms with Gasteiger partial charge in [0.15, 0.2) is 0 Å². The second kappa shape index (κ2) is 7.11. The van der Waals surface area contributed by atoms with Crippen LogP contribution in [0.25, 0.3) is 0 Å². The Morgan fingerprint density at radius 2 is 2.23 bits per heavy atom. The third-order valence-electron chi connectivity index (χ3n) is 3.62. The monoisotopic (exact) mass is 325 g/mol. The lowest BCUT2D eigenvalue weighted by atomic mass is 10.1. The minimum absolute atomic E-state index is 0.0643. The predicted molar refractivity (Wildman–Crippen MR) is 87.5 cm³/mol. The average molecular weight is 325 g/mol. The van der Waals surface area contributed by atoms with E-state index in [2.05, 4.69) is 10.0 Å². The van der Waals surface area contributed by atoms with Gasteiger partial charge in [0.1, 0.15) is 0 Å². The molecule has 1 aliphatic heterocycles. The molecule has 1 amide bonds. The van der Waals surface area contributed by atoms with Gasteiger partial charge in [0.25, 0.3) is 5.91 Å². The van der Waals surface area contributed by atoms with Crippen LogP contribution in [0.3, 0.4) is 0 Å². The summed E-state index contributed by atoms with van der Waals surface area (Å²) < 4.78 is 26.2. The molecule has 7 heteroatoms. The maximum atomic E-state index is 12.6. The van der Waals surface area contributed by atoms with Crippen LogP contribution in [0.1, 0.15) is 30.6 Å². The highest BCUT2D eigenvalue weighted by Gasteiger charge is 2.24. The third kappa shape index (κ3) is 4.20. The van der Waals surface area contributed by atoms with Crippen LogP contribution in [0.5, 0.6) is 0 Å². The third-order valence-corrected chi connectivity index (χ3v) is 5.11. The molecule has 22 heavy (non-hydrogen) atoms. The van der Waals surface area contributed by atoms with Crippen molar-refractivity contribution in [2.75, 3.05) is 30.1 Å². The zero-order valence-corrected chi connectivity index (χ0v) is 13.8. The predicted octanol–water partition coefficient (Wildman–Crippen LogP) is 1.27. The summed E-state index contributed by atoms with van der Waals surface area (Å²) in [5, 5.41) is 3.24. The van der Waals surface area contributed by atoms with E-state index < -0.39 is 10.0 Å². The van der Waals surface area contributed by atoms with Crippen LogP contribution in [0.4, 0.5) is 5.69 Å². The highest BCUT2D eigenvalue weighted by molar-refractivity contribution is 7.92. The van der Waals surface area contributed by atoms with E-state index in [0.29, 0.717) is 24.2 Å². The number of nitrogens with zero attached hydrogens (tertiary/aromatic N) is 1. The van der Waals surface area contributed by atoms with Gasteiger partial charge in [-0.15, -0.1) is 0 Å². The minimum atomic E-state index is -3.35. The molecule has 0 bridgehead atoms. The Hall–Kier alpha value is -1.60. The number of hydrogen-bond donors (Lipinski definition) is 2. The molecule has 0 aromatic heterocycles. The van der Waals surface area contributed by atoms with Crippen molar-refractivity contribution in [3.63, 3.8) is 0 Å². The quantitative estimate of drug-likeness (QED) is 0.854. The Labute approximate surface area is 131 Å². The van der Waals surface area contributed by atoms with Crippen molar-refractivity contribution >= 4 is 21.6 Å². The molecule has 122 valence electrons. The lowest BCUT2D eigenvalue weighted by molar-refractivity contribution is 0.0656. The van der Waals surface area contributed by atoms with Gasteiger partial charge in [0.05, 0.1) is 5.75 Å². The molecule has 1 fully saturated rings. The summed E-state index contributed by atoms with van der Waals surface area (Å²) in [6, 6.07) is 6.80. The van der Waals surface area contributed by atoms with E-state index in [1.54, 1.807) is 24.3 Å². The van der Waals surface area contributed by atoms with Crippen molar-refractivity contribution in [3.05, 3.63) is 29.8 Å². The molecule has 1 aliphatic rings. The topological polar surface area (TPSA) is 78.5 Å². The Morgan fingerprint density at radius 1 is 1.45 bits per heavy atom. The van der Waals surface area contributed by atoms with Crippen molar-refractivity contribution in [2.45, 2.75) is 26.3 Å². The first-order valence-electron chi connectivity index (χ1n) is 7.55. The van der Waals surface area contributed by atoms with E-state index >= 15 is 0 Å². The van der Waals surface area contributed by atoms with E-state index in [1.807, 2.05) is 18.7 Å². The number of sulfonamides is 1. The van der Waals surface area contributed by atoms with Crippen LogP contribution in [-0.4, -0.2) is 50.7 Å². The van der Waals surface area contributed by atoms with Crippen LogP contribution >= 0.6 is 0 Å². The van der Waals surface area contributed by atoms with Crippen LogP contribution < -0.4 is 10.0 Å². The highest BCUT2D eigenvalue weighted by Crippen LogP contribution is 2.16. The van der Waals surface area contributed by atoms with Gasteiger partial charge in [-0.2, -0.15) is 0 Å². The number of rotatable bonds is 5. The molecule has 1 aromatic rings. The first-order valence-corrected chi connectivity index (χ1v) is 9.20. The van der Waals surface area contributed by atoms with Crippen LogP contribution in [0.2, 0.25) is 0 Å². The molecular weight excluding hydrogens is 302 g/mol. The Kier molecular flexibility index (Phi) is 5.42. The fourth-order valence-corrected chi connectivity index (χ4v) is 3.65. The molecule has 2 N–H and O–H groups in total. The van der Waals surface area contributed by atoms with Crippen molar-refractivity contribution in [2.24, 2.45) is 0 Å². The van der Waals surface area contributed by atoms with E-state index in [9.17, 15) is 13.2 Å². The smallest absolute Gasteiger partial charge is 0.254 e. The van der Waals surface area contributed by atoms with E-state index in [0.717, 1.165) is 13.1 Å². The zero-order valence-electron chi connectivity index (χ0n) is 13.0. The molecule has 0 unspecified atom stereocenters. The molecule has 1 heterocycles. The number of anilines is 1. The van der Waals surface area contributed by atoms with Gasteiger partial charge in [0, 0.05) is 36.9 Å². The molecular formula is C15H23N3O3S. The number of piperazine rings is 1. The molecule has 6 nitrogen and oxygen atoms in total. The van der Waals surface area contributed by atoms with Crippen molar-refractivity contribution in [1.29, 1.82) is 0 Å². The largest absolute Gasteiger partial charge is 0.333 e. The summed E-state index contributed by atoms with van der Waals surface area (Å²) in [7, 11) is -3.35. The number of hydrogen-bond acceptors (Lipinski definition) is 4. The van der Waals surface area contributed by atoms with Gasteiger partial charge < -0.3 is 10.2 Å². The number of carbonyl (C=O) groups is 1. The molecule has 1 saturated heterocycles. The van der Waals surface area contributed by atoms with Gasteiger partial charge in [-0.25, -0.2) is 8.42 Å². The van der Waals surface area contributed by atoms with Gasteiger partial charge in [-0.05, 0) is 31.5 Å². The SMILES string of the molecule is CCCS(=O)(=O)Nc1cccc(C(=O)N2CCNC[C@@H]2C)c1. The summed E-state index contributed by atoms with van der Waals surface area (Å²) in [6.45, 7) is 6.02. The fourth-order valence-electron chi connectivity index (χ4n) is 2.52. The molecule has 1 aromatic carbocycles. The highest BCUT2D eigenvalue weighted by atomic mass is 32.2. The summed E-state index contributed by atoms with van der Waals surface area (Å²) in [5.41, 5.74) is 0.938. The van der Waals surface area contributed by atoms with Crippen molar-refractivity contribution < 1.29 is 13.2 Å². The second-order valence-electron chi connectivity index (χ2n) is 5.55. The number of benzene rings is 1. The molecule has 0 spiro atoms. The average Bonchev–Trinajstić information content (AvgIpc) is 2.46. The molecule has 0 aliphatic carbocycles. The van der Waals surface area contributed by atoms with Crippen LogP contribution in [0, 0.1) is 0 Å². The first-order chi connectivity index (χ1) is 10.4. The van der Waals surface area contributed by atoms with Crippen molar-refractivity contribution in [1.82, 2.24) is 10.2 Å². The lowest BCUT2D eigenvalue weighted by Gasteiger charge is -2.34. The van der Waals surface area contributed by atoms with Crippen LogP contribution in [-0.2, 0) is 10.0 Å². The molecule has 0 saturated carbocycles. The van der Waals surface area contributed by atoms with E-state index in [4.69, 9.17) is 0 Å². The van der Waals surface area contributed by atoms with Crippen molar-refractivity contribution in [3.8, 4) is 0 Å². The lowest BCUT2D eigenvalue weighted by Crippen LogP contribution is -2.52. The second-order valence-corrected chi connectivity index (χ2v) is 7.40. The van der Waals surface area contributed by atoms with E-state index in [1.165, 1.54) is 0 Å².